The summed E-state index contributed by atoms with van der Waals surface area (Å²) in [5.74, 6) is -0.483. The van der Waals surface area contributed by atoms with Crippen molar-refractivity contribution in [3.05, 3.63) is 35.6 Å². The molecule has 25 heavy (non-hydrogen) atoms. The van der Waals surface area contributed by atoms with Crippen LogP contribution in [0.3, 0.4) is 0 Å². The lowest BCUT2D eigenvalue weighted by molar-refractivity contribution is -0.155. The molecule has 1 aromatic carbocycles. The Morgan fingerprint density at radius 1 is 1.28 bits per heavy atom. The smallest absolute Gasteiger partial charge is 0.242 e. The molecule has 2 heterocycles. The van der Waals surface area contributed by atoms with Gasteiger partial charge >= 0.3 is 0 Å². The quantitative estimate of drug-likeness (QED) is 0.870. The van der Waals surface area contributed by atoms with Crippen LogP contribution in [0.4, 0.5) is 4.39 Å². The van der Waals surface area contributed by atoms with Crippen molar-refractivity contribution in [3.63, 3.8) is 0 Å². The minimum atomic E-state index is -0.608. The molecule has 0 unspecified atom stereocenters. The summed E-state index contributed by atoms with van der Waals surface area (Å²) in [6.07, 6.45) is 1.19. The first-order valence-corrected chi connectivity index (χ1v) is 8.63. The second kappa shape index (κ2) is 7.49. The van der Waals surface area contributed by atoms with Crippen molar-refractivity contribution in [1.82, 2.24) is 9.80 Å². The first-order chi connectivity index (χ1) is 12.0. The molecule has 2 N–H and O–H groups in total. The normalized spacial score (nSPS) is 20.6. The molecular formula is C18H24FN3O3. The summed E-state index contributed by atoms with van der Waals surface area (Å²) >= 11 is 0. The van der Waals surface area contributed by atoms with Gasteiger partial charge in [-0.3, -0.25) is 9.59 Å². The molecule has 2 fully saturated rings. The maximum Gasteiger partial charge on any atom is 0.242 e. The van der Waals surface area contributed by atoms with Crippen LogP contribution in [0.5, 0.6) is 0 Å². The van der Waals surface area contributed by atoms with Gasteiger partial charge in [-0.15, -0.1) is 0 Å². The maximum absolute atomic E-state index is 13.3. The first-order valence-electron chi connectivity index (χ1n) is 8.63. The largest absolute Gasteiger partial charge is 0.381 e. The Labute approximate surface area is 146 Å². The van der Waals surface area contributed by atoms with Crippen LogP contribution in [-0.4, -0.2) is 61.0 Å². The number of hydrogen-bond donors (Lipinski definition) is 1. The van der Waals surface area contributed by atoms with E-state index in [4.69, 9.17) is 10.5 Å². The SMILES string of the molecule is NCC1(C(=O)N2CCN(Cc3cccc(F)c3)C(=O)C2)CCOCC1. The van der Waals surface area contributed by atoms with Crippen molar-refractivity contribution >= 4 is 11.8 Å². The van der Waals surface area contributed by atoms with E-state index in [0.29, 0.717) is 45.7 Å². The number of nitrogens with zero attached hydrogens (tertiary/aromatic N) is 2. The minimum absolute atomic E-state index is 0.0444. The number of halogens is 1. The highest BCUT2D eigenvalue weighted by molar-refractivity contribution is 5.89. The fourth-order valence-electron chi connectivity index (χ4n) is 3.51. The van der Waals surface area contributed by atoms with Gasteiger partial charge in [0.05, 0.1) is 12.0 Å². The van der Waals surface area contributed by atoms with Gasteiger partial charge in [-0.1, -0.05) is 12.1 Å². The van der Waals surface area contributed by atoms with Gasteiger partial charge in [0.1, 0.15) is 5.82 Å². The summed E-state index contributed by atoms with van der Waals surface area (Å²) in [6, 6.07) is 6.22. The second-order valence-electron chi connectivity index (χ2n) is 6.77. The lowest BCUT2D eigenvalue weighted by Gasteiger charge is -2.42. The molecule has 1 aromatic rings. The van der Waals surface area contributed by atoms with E-state index in [1.165, 1.54) is 12.1 Å². The molecule has 2 aliphatic heterocycles. The molecule has 6 nitrogen and oxygen atoms in total. The summed E-state index contributed by atoms with van der Waals surface area (Å²) < 4.78 is 18.6. The van der Waals surface area contributed by atoms with Gasteiger partial charge in [0, 0.05) is 39.4 Å². The van der Waals surface area contributed by atoms with Crippen molar-refractivity contribution in [3.8, 4) is 0 Å². The third kappa shape index (κ3) is 3.82. The number of carbonyl (C=O) groups is 2. The van der Waals surface area contributed by atoms with Crippen LogP contribution in [0.25, 0.3) is 0 Å². The van der Waals surface area contributed by atoms with E-state index in [9.17, 15) is 14.0 Å². The Morgan fingerprint density at radius 2 is 2.04 bits per heavy atom. The number of benzene rings is 1. The van der Waals surface area contributed by atoms with Gasteiger partial charge in [0.15, 0.2) is 0 Å². The van der Waals surface area contributed by atoms with Crippen molar-refractivity contribution in [2.75, 3.05) is 39.4 Å². The molecule has 0 saturated carbocycles. The molecule has 0 bridgehead atoms. The molecular weight excluding hydrogens is 325 g/mol. The molecule has 0 spiro atoms. The average Bonchev–Trinajstić information content (AvgIpc) is 2.63. The number of piperazine rings is 1. The zero-order valence-corrected chi connectivity index (χ0v) is 14.2. The lowest BCUT2D eigenvalue weighted by Crippen LogP contribution is -2.57. The zero-order valence-electron chi connectivity index (χ0n) is 14.2. The molecule has 136 valence electrons. The predicted octanol–water partition coefficient (Wildman–Crippen LogP) is 0.752. The Balaban J connectivity index is 1.63. The molecule has 2 saturated heterocycles. The van der Waals surface area contributed by atoms with Crippen LogP contribution in [0.1, 0.15) is 18.4 Å². The Hall–Kier alpha value is -1.99. The van der Waals surface area contributed by atoms with Crippen LogP contribution in [-0.2, 0) is 20.9 Å². The van der Waals surface area contributed by atoms with Crippen molar-refractivity contribution in [2.45, 2.75) is 19.4 Å². The van der Waals surface area contributed by atoms with E-state index in [2.05, 4.69) is 0 Å². The van der Waals surface area contributed by atoms with Gasteiger partial charge in [0.25, 0.3) is 0 Å². The second-order valence-corrected chi connectivity index (χ2v) is 6.77. The Kier molecular flexibility index (Phi) is 5.34. The standard InChI is InChI=1S/C18H24FN3O3/c19-15-3-1-2-14(10-15)11-21-6-7-22(12-16(21)23)17(24)18(13-20)4-8-25-9-5-18/h1-3,10H,4-9,11-13,20H2. The zero-order chi connectivity index (χ0) is 17.9. The van der Waals surface area contributed by atoms with E-state index in [0.717, 1.165) is 5.56 Å². The van der Waals surface area contributed by atoms with E-state index in [1.54, 1.807) is 21.9 Å². The van der Waals surface area contributed by atoms with Crippen LogP contribution in [0.15, 0.2) is 24.3 Å². The minimum Gasteiger partial charge on any atom is -0.381 e. The Bertz CT molecular complexity index is 646. The molecule has 3 rings (SSSR count). The number of ether oxygens (including phenoxy) is 1. The third-order valence-corrected chi connectivity index (χ3v) is 5.16. The molecule has 0 aliphatic carbocycles. The number of carbonyl (C=O) groups excluding carboxylic acids is 2. The van der Waals surface area contributed by atoms with Gasteiger partial charge in [-0.05, 0) is 30.5 Å². The highest BCUT2D eigenvalue weighted by Crippen LogP contribution is 2.32. The lowest BCUT2D eigenvalue weighted by atomic mass is 9.78. The number of hydrogen-bond acceptors (Lipinski definition) is 4. The average molecular weight is 349 g/mol. The van der Waals surface area contributed by atoms with Crippen molar-refractivity contribution < 1.29 is 18.7 Å². The van der Waals surface area contributed by atoms with Gasteiger partial charge < -0.3 is 20.3 Å². The summed E-state index contributed by atoms with van der Waals surface area (Å²) in [5.41, 5.74) is 6.03. The topological polar surface area (TPSA) is 75.9 Å². The van der Waals surface area contributed by atoms with Gasteiger partial charge in [0.2, 0.25) is 11.8 Å². The Morgan fingerprint density at radius 3 is 2.68 bits per heavy atom. The van der Waals surface area contributed by atoms with Crippen LogP contribution in [0, 0.1) is 11.2 Å². The fraction of sp³-hybridized carbons (Fsp3) is 0.556. The molecule has 2 amide bonds. The van der Waals surface area contributed by atoms with E-state index >= 15 is 0 Å². The summed E-state index contributed by atoms with van der Waals surface area (Å²) in [6.45, 7) is 2.64. The van der Waals surface area contributed by atoms with Gasteiger partial charge in [-0.2, -0.15) is 0 Å². The molecule has 7 heteroatoms. The monoisotopic (exact) mass is 349 g/mol. The fourth-order valence-corrected chi connectivity index (χ4v) is 3.51. The van der Waals surface area contributed by atoms with Crippen molar-refractivity contribution in [2.24, 2.45) is 11.1 Å². The van der Waals surface area contributed by atoms with Crippen molar-refractivity contribution in [1.29, 1.82) is 0 Å². The molecule has 0 aromatic heterocycles. The van der Waals surface area contributed by atoms with Crippen LogP contribution in [0.2, 0.25) is 0 Å². The van der Waals surface area contributed by atoms with Gasteiger partial charge in [-0.25, -0.2) is 4.39 Å². The van der Waals surface area contributed by atoms with E-state index in [1.807, 2.05) is 0 Å². The summed E-state index contributed by atoms with van der Waals surface area (Å²) in [7, 11) is 0. The maximum atomic E-state index is 13.3. The molecule has 0 radical (unpaired) electrons. The highest BCUT2D eigenvalue weighted by atomic mass is 19.1. The van der Waals surface area contributed by atoms with E-state index < -0.39 is 5.41 Å². The number of nitrogens with two attached hydrogens (primary N) is 1. The first kappa shape index (κ1) is 17.8. The summed E-state index contributed by atoms with van der Waals surface area (Å²) in [4.78, 5) is 28.7. The predicted molar refractivity (Wildman–Crippen MR) is 89.9 cm³/mol. The highest BCUT2D eigenvalue weighted by Gasteiger charge is 2.43. The summed E-state index contributed by atoms with van der Waals surface area (Å²) in [5, 5.41) is 0. The molecule has 2 aliphatic rings. The number of amides is 2. The van der Waals surface area contributed by atoms with E-state index in [-0.39, 0.29) is 30.7 Å². The van der Waals surface area contributed by atoms with Crippen LogP contribution < -0.4 is 5.73 Å². The molecule has 0 atom stereocenters. The number of rotatable bonds is 4. The van der Waals surface area contributed by atoms with Crippen LogP contribution >= 0.6 is 0 Å². The third-order valence-electron chi connectivity index (χ3n) is 5.16.